The smallest absolute Gasteiger partial charge is 0.133 e. The van der Waals surface area contributed by atoms with Crippen LogP contribution in [0, 0.1) is 16.0 Å². The Morgan fingerprint density at radius 3 is 3.00 bits per heavy atom. The van der Waals surface area contributed by atoms with Gasteiger partial charge in [0.15, 0.2) is 0 Å². The molecule has 0 aliphatic rings. The van der Waals surface area contributed by atoms with Crippen molar-refractivity contribution < 1.29 is 0 Å². The Hall–Kier alpha value is -2.06. The van der Waals surface area contributed by atoms with Crippen LogP contribution in [0.5, 0.6) is 0 Å². The molecular formula is C12H10N4S. The third-order valence-electron chi connectivity index (χ3n) is 2.46. The summed E-state index contributed by atoms with van der Waals surface area (Å²) in [5.41, 5.74) is 3.24. The van der Waals surface area contributed by atoms with E-state index in [2.05, 4.69) is 21.0 Å². The Bertz CT molecular complexity index is 639. The van der Waals surface area contributed by atoms with Crippen LogP contribution < -0.4 is 0 Å². The minimum atomic E-state index is 0.528. The minimum Gasteiger partial charge on any atom is -0.345 e. The number of aromatic amines is 1. The number of pyridine rings is 1. The molecule has 0 saturated heterocycles. The monoisotopic (exact) mass is 242 g/mol. The second kappa shape index (κ2) is 4.85. The average Bonchev–Trinajstić information content (AvgIpc) is 2.38. The molecule has 0 saturated carbocycles. The molecule has 0 atom stereocenters. The van der Waals surface area contributed by atoms with Crippen LogP contribution in [0.25, 0.3) is 11.3 Å². The number of aromatic nitrogens is 3. The molecule has 1 N–H and O–H groups in total. The maximum absolute atomic E-state index is 8.86. The van der Waals surface area contributed by atoms with E-state index < -0.39 is 0 Å². The molecule has 0 aliphatic carbocycles. The molecule has 2 aromatic heterocycles. The van der Waals surface area contributed by atoms with Crippen molar-refractivity contribution in [1.82, 2.24) is 15.0 Å². The standard InChI is InChI=1S/C12H10N4S/c1-2-10-11(15-7-16-12(10)17)9-3-8(4-13)5-14-6-9/h3,5-7H,2H2,1H3,(H,15,16,17). The fourth-order valence-corrected chi connectivity index (χ4v) is 1.95. The van der Waals surface area contributed by atoms with Gasteiger partial charge in [0.25, 0.3) is 0 Å². The van der Waals surface area contributed by atoms with Crippen molar-refractivity contribution in [2.24, 2.45) is 0 Å². The van der Waals surface area contributed by atoms with Gasteiger partial charge in [-0.15, -0.1) is 0 Å². The number of nitrogens with one attached hydrogen (secondary N) is 1. The number of H-pyrrole nitrogens is 1. The first-order valence-electron chi connectivity index (χ1n) is 5.18. The molecule has 5 heteroatoms. The summed E-state index contributed by atoms with van der Waals surface area (Å²) in [6, 6.07) is 3.86. The van der Waals surface area contributed by atoms with Crippen molar-refractivity contribution in [1.29, 1.82) is 5.26 Å². The maximum Gasteiger partial charge on any atom is 0.133 e. The summed E-state index contributed by atoms with van der Waals surface area (Å²) in [5.74, 6) is 0. The average molecular weight is 242 g/mol. The first-order chi connectivity index (χ1) is 8.26. The van der Waals surface area contributed by atoms with E-state index in [1.54, 1.807) is 18.6 Å². The second-order valence-corrected chi connectivity index (χ2v) is 3.88. The molecular weight excluding hydrogens is 232 g/mol. The number of nitrogens with zero attached hydrogens (tertiary/aromatic N) is 3. The summed E-state index contributed by atoms with van der Waals surface area (Å²) in [4.78, 5) is 11.2. The van der Waals surface area contributed by atoms with E-state index in [-0.39, 0.29) is 0 Å². The summed E-state index contributed by atoms with van der Waals surface area (Å²) in [6.07, 6.45) is 5.59. The zero-order valence-electron chi connectivity index (χ0n) is 9.27. The molecule has 0 aromatic carbocycles. The van der Waals surface area contributed by atoms with Crippen molar-refractivity contribution in [3.05, 3.63) is 40.6 Å². The summed E-state index contributed by atoms with van der Waals surface area (Å²) in [7, 11) is 0. The van der Waals surface area contributed by atoms with Crippen molar-refractivity contribution in [2.45, 2.75) is 13.3 Å². The first kappa shape index (κ1) is 11.4. The maximum atomic E-state index is 8.86. The molecule has 0 fully saturated rings. The van der Waals surface area contributed by atoms with Gasteiger partial charge in [-0.2, -0.15) is 5.26 Å². The van der Waals surface area contributed by atoms with Gasteiger partial charge in [-0.1, -0.05) is 19.1 Å². The van der Waals surface area contributed by atoms with E-state index >= 15 is 0 Å². The van der Waals surface area contributed by atoms with Gasteiger partial charge in [-0.05, 0) is 12.5 Å². The van der Waals surface area contributed by atoms with Gasteiger partial charge in [0.05, 0.1) is 17.6 Å². The lowest BCUT2D eigenvalue weighted by atomic mass is 10.1. The largest absolute Gasteiger partial charge is 0.345 e. The van der Waals surface area contributed by atoms with Crippen LogP contribution in [-0.4, -0.2) is 15.0 Å². The molecule has 2 heterocycles. The fourth-order valence-electron chi connectivity index (χ4n) is 1.65. The van der Waals surface area contributed by atoms with Crippen molar-refractivity contribution in [2.75, 3.05) is 0 Å². The van der Waals surface area contributed by atoms with Crippen LogP contribution in [0.15, 0.2) is 24.8 Å². The van der Waals surface area contributed by atoms with Gasteiger partial charge in [-0.25, -0.2) is 4.98 Å². The zero-order chi connectivity index (χ0) is 12.3. The molecule has 0 spiro atoms. The van der Waals surface area contributed by atoms with Crippen molar-refractivity contribution >= 4 is 12.2 Å². The zero-order valence-corrected chi connectivity index (χ0v) is 10.1. The lowest BCUT2D eigenvalue weighted by Crippen LogP contribution is -1.96. The number of nitriles is 1. The van der Waals surface area contributed by atoms with Crippen LogP contribution in [0.4, 0.5) is 0 Å². The number of hydrogen-bond donors (Lipinski definition) is 1. The molecule has 2 aromatic rings. The van der Waals surface area contributed by atoms with E-state index in [1.807, 2.05) is 6.92 Å². The van der Waals surface area contributed by atoms with Gasteiger partial charge < -0.3 is 4.98 Å². The quantitative estimate of drug-likeness (QED) is 0.822. The van der Waals surface area contributed by atoms with Crippen LogP contribution in [0.1, 0.15) is 18.1 Å². The Morgan fingerprint density at radius 2 is 2.29 bits per heavy atom. The van der Waals surface area contributed by atoms with Crippen LogP contribution >= 0.6 is 12.2 Å². The molecule has 17 heavy (non-hydrogen) atoms. The second-order valence-electron chi connectivity index (χ2n) is 3.49. The molecule has 0 bridgehead atoms. The van der Waals surface area contributed by atoms with E-state index in [0.717, 1.165) is 23.2 Å². The van der Waals surface area contributed by atoms with Crippen LogP contribution in [0.3, 0.4) is 0 Å². The molecule has 0 amide bonds. The fraction of sp³-hybridized carbons (Fsp3) is 0.167. The summed E-state index contributed by atoms with van der Waals surface area (Å²) >= 11 is 5.18. The van der Waals surface area contributed by atoms with E-state index in [9.17, 15) is 0 Å². The highest BCUT2D eigenvalue weighted by Crippen LogP contribution is 2.21. The number of hydrogen-bond acceptors (Lipinski definition) is 4. The lowest BCUT2D eigenvalue weighted by Gasteiger charge is -2.07. The Morgan fingerprint density at radius 1 is 1.47 bits per heavy atom. The Kier molecular flexibility index (Phi) is 3.26. The highest BCUT2D eigenvalue weighted by atomic mass is 32.1. The third kappa shape index (κ3) is 2.22. The molecule has 4 nitrogen and oxygen atoms in total. The van der Waals surface area contributed by atoms with Gasteiger partial charge >= 0.3 is 0 Å². The molecule has 0 aliphatic heterocycles. The van der Waals surface area contributed by atoms with Gasteiger partial charge in [-0.3, -0.25) is 4.98 Å². The summed E-state index contributed by atoms with van der Waals surface area (Å²) < 4.78 is 0.587. The topological polar surface area (TPSA) is 65.4 Å². The minimum absolute atomic E-state index is 0.528. The van der Waals surface area contributed by atoms with Crippen molar-refractivity contribution in [3.8, 4) is 17.3 Å². The summed E-state index contributed by atoms with van der Waals surface area (Å²) in [5, 5.41) is 8.86. The predicted molar refractivity (Wildman–Crippen MR) is 66.7 cm³/mol. The summed E-state index contributed by atoms with van der Waals surface area (Å²) in [6.45, 7) is 2.02. The highest BCUT2D eigenvalue weighted by Gasteiger charge is 2.07. The normalized spacial score (nSPS) is 9.88. The van der Waals surface area contributed by atoms with Crippen LogP contribution in [-0.2, 0) is 6.42 Å². The third-order valence-corrected chi connectivity index (χ3v) is 2.81. The lowest BCUT2D eigenvalue weighted by molar-refractivity contribution is 1.03. The highest BCUT2D eigenvalue weighted by molar-refractivity contribution is 7.71. The first-order valence-corrected chi connectivity index (χ1v) is 5.59. The predicted octanol–water partition coefficient (Wildman–Crippen LogP) is 2.64. The SMILES string of the molecule is CCc1c(-c2cncc(C#N)c2)[nH]cnc1=S. The molecule has 2 rings (SSSR count). The van der Waals surface area contributed by atoms with E-state index in [4.69, 9.17) is 17.5 Å². The van der Waals surface area contributed by atoms with E-state index in [1.165, 1.54) is 6.20 Å². The van der Waals surface area contributed by atoms with Gasteiger partial charge in [0.1, 0.15) is 10.7 Å². The van der Waals surface area contributed by atoms with E-state index in [0.29, 0.717) is 10.2 Å². The van der Waals surface area contributed by atoms with Gasteiger partial charge in [0, 0.05) is 23.5 Å². The molecule has 84 valence electrons. The number of rotatable bonds is 2. The van der Waals surface area contributed by atoms with Gasteiger partial charge in [0.2, 0.25) is 0 Å². The Balaban J connectivity index is 2.65. The molecule has 0 radical (unpaired) electrons. The Labute approximate surface area is 104 Å². The van der Waals surface area contributed by atoms with Crippen molar-refractivity contribution in [3.63, 3.8) is 0 Å². The molecule has 0 unspecified atom stereocenters. The van der Waals surface area contributed by atoms with Crippen LogP contribution in [0.2, 0.25) is 0 Å².